The first-order chi connectivity index (χ1) is 11.4. The predicted molar refractivity (Wildman–Crippen MR) is 90.2 cm³/mol. The van der Waals surface area contributed by atoms with E-state index in [2.05, 4.69) is 0 Å². The van der Waals surface area contributed by atoms with E-state index in [0.29, 0.717) is 11.1 Å². The number of hydrogen-bond donors (Lipinski definition) is 0. The summed E-state index contributed by atoms with van der Waals surface area (Å²) in [6.07, 6.45) is 2.19. The maximum atomic E-state index is 11.2. The van der Waals surface area contributed by atoms with Gasteiger partial charge in [0, 0.05) is 0 Å². The molecule has 0 amide bonds. The first-order valence-electron chi connectivity index (χ1n) is 7.29. The van der Waals surface area contributed by atoms with Crippen molar-refractivity contribution in [2.75, 3.05) is 0 Å². The van der Waals surface area contributed by atoms with E-state index < -0.39 is 0 Å². The Kier molecular flexibility index (Phi) is 10.6. The fraction of sp³-hybridized carbons (Fsp3) is 0.100. The van der Waals surface area contributed by atoms with E-state index in [1.54, 1.807) is 48.5 Å². The first-order valence-corrected chi connectivity index (χ1v) is 7.29. The minimum Gasteiger partial charge on any atom is -0.872 e. The second kappa shape index (κ2) is 11.8. The molecule has 0 aromatic heterocycles. The zero-order valence-corrected chi connectivity index (χ0v) is 14.8. The molecular formula is C20H18CuO4. The van der Waals surface area contributed by atoms with Crippen LogP contribution in [0.5, 0.6) is 0 Å². The summed E-state index contributed by atoms with van der Waals surface area (Å²) in [5, 5.41) is 22.4. The molecular weight excluding hydrogens is 368 g/mol. The molecule has 0 aliphatic carbocycles. The van der Waals surface area contributed by atoms with Gasteiger partial charge in [-0.15, -0.1) is 0 Å². The van der Waals surface area contributed by atoms with Crippen molar-refractivity contribution < 1.29 is 36.9 Å². The van der Waals surface area contributed by atoms with Gasteiger partial charge >= 0.3 is 17.1 Å². The van der Waals surface area contributed by atoms with Crippen LogP contribution in [0.2, 0.25) is 0 Å². The molecule has 2 rings (SSSR count). The maximum absolute atomic E-state index is 11.2. The second-order valence-corrected chi connectivity index (χ2v) is 4.97. The molecule has 0 saturated heterocycles. The number of allylic oxidation sites excluding steroid dienone is 2. The molecule has 0 aliphatic rings. The van der Waals surface area contributed by atoms with Crippen molar-refractivity contribution in [3.05, 3.63) is 83.9 Å². The summed E-state index contributed by atoms with van der Waals surface area (Å²) in [6.45, 7) is 2.72. The molecule has 0 saturated carbocycles. The number of carbonyl (C=O) groups excluding carboxylic acids is 2. The Bertz CT molecular complexity index is 669. The summed E-state index contributed by atoms with van der Waals surface area (Å²) in [5.74, 6) is -0.904. The third-order valence-electron chi connectivity index (χ3n) is 2.79. The Morgan fingerprint density at radius 2 is 0.960 bits per heavy atom. The molecule has 133 valence electrons. The van der Waals surface area contributed by atoms with Gasteiger partial charge in [-0.2, -0.15) is 0 Å². The van der Waals surface area contributed by atoms with Gasteiger partial charge in [-0.1, -0.05) is 72.2 Å². The van der Waals surface area contributed by atoms with Gasteiger partial charge in [0.1, 0.15) is 0 Å². The van der Waals surface area contributed by atoms with Crippen LogP contribution < -0.4 is 10.2 Å². The van der Waals surface area contributed by atoms with E-state index in [-0.39, 0.29) is 40.2 Å². The summed E-state index contributed by atoms with van der Waals surface area (Å²) in [5.41, 5.74) is 1.10. The monoisotopic (exact) mass is 385 g/mol. The van der Waals surface area contributed by atoms with Crippen LogP contribution in [-0.2, 0) is 26.7 Å². The van der Waals surface area contributed by atoms with Gasteiger partial charge in [0.05, 0.1) is 0 Å². The van der Waals surface area contributed by atoms with Gasteiger partial charge in [0.25, 0.3) is 0 Å². The van der Waals surface area contributed by atoms with Gasteiger partial charge in [-0.3, -0.25) is 9.59 Å². The van der Waals surface area contributed by atoms with Gasteiger partial charge in [-0.25, -0.2) is 0 Å². The molecule has 1 radical (unpaired) electrons. The Labute approximate surface area is 158 Å². The van der Waals surface area contributed by atoms with Crippen LogP contribution >= 0.6 is 0 Å². The van der Waals surface area contributed by atoms with Crippen molar-refractivity contribution >= 4 is 23.1 Å². The summed E-state index contributed by atoms with van der Waals surface area (Å²) in [7, 11) is 0. The SMILES string of the molecule is CC(=O)C=C([O-])c1ccccc1.CC(=O)C=C([O-])c1ccccc1.[Cu+2]. The summed E-state index contributed by atoms with van der Waals surface area (Å²) in [6, 6.07) is 17.4. The van der Waals surface area contributed by atoms with E-state index in [9.17, 15) is 19.8 Å². The van der Waals surface area contributed by atoms with Crippen molar-refractivity contribution in [2.45, 2.75) is 13.8 Å². The fourth-order valence-corrected chi connectivity index (χ4v) is 1.74. The average molecular weight is 386 g/mol. The summed E-state index contributed by atoms with van der Waals surface area (Å²) < 4.78 is 0. The minimum atomic E-state index is -0.233. The van der Waals surface area contributed by atoms with Crippen LogP contribution in [0.15, 0.2) is 72.8 Å². The summed E-state index contributed by atoms with van der Waals surface area (Å²) in [4.78, 5) is 21.1. The normalized spacial score (nSPS) is 10.8. The molecule has 0 spiro atoms. The number of benzene rings is 2. The van der Waals surface area contributed by atoms with Crippen LogP contribution in [0.3, 0.4) is 0 Å². The molecule has 0 fully saturated rings. The van der Waals surface area contributed by atoms with E-state index >= 15 is 0 Å². The van der Waals surface area contributed by atoms with Crippen LogP contribution in [0.25, 0.3) is 11.5 Å². The number of ketones is 2. The molecule has 5 heteroatoms. The number of carbonyl (C=O) groups is 2. The minimum absolute atomic E-state index is 0. The fourth-order valence-electron chi connectivity index (χ4n) is 1.74. The standard InChI is InChI=1S/2C10H10O2.Cu/c2*1-8(11)7-10(12)9-5-3-2-4-6-9;/h2*2-7,12H,1H3;/q;;+2/p-2. The average Bonchev–Trinajstić information content (AvgIpc) is 2.56. The van der Waals surface area contributed by atoms with Crippen molar-refractivity contribution in [3.63, 3.8) is 0 Å². The smallest absolute Gasteiger partial charge is 0.872 e. The molecule has 0 N–H and O–H groups in total. The van der Waals surface area contributed by atoms with Gasteiger partial charge in [-0.05, 0) is 37.1 Å². The molecule has 25 heavy (non-hydrogen) atoms. The maximum Gasteiger partial charge on any atom is 2.00 e. The molecule has 0 heterocycles. The summed E-state index contributed by atoms with van der Waals surface area (Å²) >= 11 is 0. The van der Waals surface area contributed by atoms with Crippen molar-refractivity contribution in [1.29, 1.82) is 0 Å². The Hall–Kier alpha value is -2.62. The molecule has 2 aromatic carbocycles. The van der Waals surface area contributed by atoms with E-state index in [4.69, 9.17) is 0 Å². The zero-order chi connectivity index (χ0) is 17.9. The number of hydrogen-bond acceptors (Lipinski definition) is 4. The molecule has 4 nitrogen and oxygen atoms in total. The van der Waals surface area contributed by atoms with E-state index in [1.807, 2.05) is 12.1 Å². The Balaban J connectivity index is 0.000000443. The largest absolute Gasteiger partial charge is 2.00 e. The quantitative estimate of drug-likeness (QED) is 0.457. The van der Waals surface area contributed by atoms with Gasteiger partial charge in [0.2, 0.25) is 0 Å². The van der Waals surface area contributed by atoms with Crippen LogP contribution in [0.1, 0.15) is 25.0 Å². The zero-order valence-electron chi connectivity index (χ0n) is 13.9. The third kappa shape index (κ3) is 9.30. The second-order valence-electron chi connectivity index (χ2n) is 4.97. The topological polar surface area (TPSA) is 80.3 Å². The molecule has 0 unspecified atom stereocenters. The molecule has 0 atom stereocenters. The van der Waals surface area contributed by atoms with Crippen LogP contribution in [0, 0.1) is 0 Å². The van der Waals surface area contributed by atoms with Gasteiger partial charge < -0.3 is 10.2 Å². The van der Waals surface area contributed by atoms with Gasteiger partial charge in [0.15, 0.2) is 11.6 Å². The third-order valence-corrected chi connectivity index (χ3v) is 2.79. The van der Waals surface area contributed by atoms with E-state index in [0.717, 1.165) is 12.2 Å². The van der Waals surface area contributed by atoms with E-state index in [1.165, 1.54) is 13.8 Å². The Morgan fingerprint density at radius 1 is 0.680 bits per heavy atom. The first kappa shape index (κ1) is 22.4. The van der Waals surface area contributed by atoms with Crippen molar-refractivity contribution in [2.24, 2.45) is 0 Å². The van der Waals surface area contributed by atoms with Crippen LogP contribution in [0.4, 0.5) is 0 Å². The predicted octanol–water partition coefficient (Wildman–Crippen LogP) is 1.95. The number of rotatable bonds is 4. The Morgan fingerprint density at radius 3 is 1.20 bits per heavy atom. The molecule has 0 aliphatic heterocycles. The van der Waals surface area contributed by atoms with Crippen molar-refractivity contribution in [1.82, 2.24) is 0 Å². The molecule has 2 aromatic rings. The van der Waals surface area contributed by atoms with Crippen LogP contribution in [-0.4, -0.2) is 11.6 Å². The molecule has 0 bridgehead atoms. The van der Waals surface area contributed by atoms with Crippen molar-refractivity contribution in [3.8, 4) is 0 Å².